The lowest BCUT2D eigenvalue weighted by atomic mass is 9.96. The van der Waals surface area contributed by atoms with Crippen molar-refractivity contribution in [2.24, 2.45) is 17.6 Å². The lowest BCUT2D eigenvalue weighted by Gasteiger charge is -2.17. The van der Waals surface area contributed by atoms with Gasteiger partial charge >= 0.3 is 6.61 Å². The van der Waals surface area contributed by atoms with E-state index >= 15 is 0 Å². The van der Waals surface area contributed by atoms with E-state index in [0.29, 0.717) is 17.9 Å². The van der Waals surface area contributed by atoms with Crippen LogP contribution in [0.25, 0.3) is 0 Å². The van der Waals surface area contributed by atoms with E-state index < -0.39 is 6.61 Å². The molecule has 1 amide bonds. The summed E-state index contributed by atoms with van der Waals surface area (Å²) < 4.78 is 29.0. The molecule has 0 aliphatic carbocycles. The van der Waals surface area contributed by atoms with Crippen molar-refractivity contribution < 1.29 is 18.3 Å². The SMILES string of the molecule is CC(C)CC(CN)C(=O)NCc1ccccc1OC(F)F. The van der Waals surface area contributed by atoms with Gasteiger partial charge in [0, 0.05) is 18.7 Å². The third-order valence-corrected chi connectivity index (χ3v) is 3.05. The first-order valence-electron chi connectivity index (χ1n) is 6.94. The number of carbonyl (C=O) groups is 1. The fourth-order valence-electron chi connectivity index (χ4n) is 2.07. The van der Waals surface area contributed by atoms with E-state index in [4.69, 9.17) is 5.73 Å². The maximum atomic E-state index is 12.3. The maximum Gasteiger partial charge on any atom is 0.387 e. The molecule has 1 rings (SSSR count). The van der Waals surface area contributed by atoms with Gasteiger partial charge in [-0.3, -0.25) is 4.79 Å². The quantitative estimate of drug-likeness (QED) is 0.775. The summed E-state index contributed by atoms with van der Waals surface area (Å²) in [4.78, 5) is 12.0. The van der Waals surface area contributed by atoms with Crippen molar-refractivity contribution in [2.75, 3.05) is 6.54 Å². The predicted octanol–water partition coefficient (Wildman–Crippen LogP) is 2.53. The summed E-state index contributed by atoms with van der Waals surface area (Å²) in [6.45, 7) is 1.54. The van der Waals surface area contributed by atoms with E-state index in [0.717, 1.165) is 0 Å². The Balaban J connectivity index is 2.64. The van der Waals surface area contributed by atoms with Crippen LogP contribution in [0.15, 0.2) is 24.3 Å². The Hall–Kier alpha value is -1.69. The first kappa shape index (κ1) is 17.4. The van der Waals surface area contributed by atoms with Crippen molar-refractivity contribution in [1.29, 1.82) is 0 Å². The Morgan fingerprint density at radius 2 is 2.00 bits per heavy atom. The molecule has 6 heteroatoms. The second-order valence-corrected chi connectivity index (χ2v) is 5.27. The summed E-state index contributed by atoms with van der Waals surface area (Å²) in [7, 11) is 0. The van der Waals surface area contributed by atoms with Crippen LogP contribution in [-0.4, -0.2) is 19.1 Å². The van der Waals surface area contributed by atoms with E-state index in [1.807, 2.05) is 13.8 Å². The zero-order valence-corrected chi connectivity index (χ0v) is 12.3. The summed E-state index contributed by atoms with van der Waals surface area (Å²) in [6, 6.07) is 6.39. The molecule has 0 aromatic heterocycles. The minimum absolute atomic E-state index is 0.0703. The minimum atomic E-state index is -2.89. The molecule has 118 valence electrons. The number of benzene rings is 1. The van der Waals surface area contributed by atoms with Crippen molar-refractivity contribution in [2.45, 2.75) is 33.4 Å². The van der Waals surface area contributed by atoms with Crippen LogP contribution >= 0.6 is 0 Å². The molecule has 1 aromatic carbocycles. The van der Waals surface area contributed by atoms with Crippen molar-refractivity contribution in [3.05, 3.63) is 29.8 Å². The lowest BCUT2D eigenvalue weighted by Crippen LogP contribution is -2.35. The molecule has 0 aliphatic rings. The molecule has 3 N–H and O–H groups in total. The molecular weight excluding hydrogens is 278 g/mol. The molecule has 21 heavy (non-hydrogen) atoms. The van der Waals surface area contributed by atoms with Crippen LogP contribution in [0.2, 0.25) is 0 Å². The number of amides is 1. The predicted molar refractivity (Wildman–Crippen MR) is 76.9 cm³/mol. The smallest absolute Gasteiger partial charge is 0.387 e. The van der Waals surface area contributed by atoms with Gasteiger partial charge in [-0.15, -0.1) is 0 Å². The van der Waals surface area contributed by atoms with Gasteiger partial charge in [-0.2, -0.15) is 8.78 Å². The first-order valence-corrected chi connectivity index (χ1v) is 6.94. The molecule has 0 radical (unpaired) electrons. The van der Waals surface area contributed by atoms with E-state index in [1.165, 1.54) is 6.07 Å². The van der Waals surface area contributed by atoms with Gasteiger partial charge in [-0.25, -0.2) is 0 Å². The number of halogens is 2. The Bertz CT molecular complexity index is 453. The second kappa shape index (κ2) is 8.56. The molecule has 0 saturated carbocycles. The van der Waals surface area contributed by atoms with Gasteiger partial charge in [0.1, 0.15) is 5.75 Å². The highest BCUT2D eigenvalue weighted by Gasteiger charge is 2.18. The first-order chi connectivity index (χ1) is 9.93. The molecule has 1 unspecified atom stereocenters. The Morgan fingerprint density at radius 3 is 2.57 bits per heavy atom. The number of hydrogen-bond donors (Lipinski definition) is 2. The molecule has 4 nitrogen and oxygen atoms in total. The Labute approximate surface area is 123 Å². The molecule has 1 atom stereocenters. The average molecular weight is 300 g/mol. The monoisotopic (exact) mass is 300 g/mol. The summed E-state index contributed by atoms with van der Waals surface area (Å²) in [6.07, 6.45) is 0.692. The van der Waals surface area contributed by atoms with Gasteiger partial charge in [0.25, 0.3) is 0 Å². The number of nitrogens with two attached hydrogens (primary N) is 1. The number of para-hydroxylation sites is 1. The van der Waals surface area contributed by atoms with E-state index in [1.54, 1.807) is 18.2 Å². The third-order valence-electron chi connectivity index (χ3n) is 3.05. The summed E-state index contributed by atoms with van der Waals surface area (Å²) in [5.74, 6) is -0.00839. The minimum Gasteiger partial charge on any atom is -0.434 e. The maximum absolute atomic E-state index is 12.3. The Kier molecular flexibility index (Phi) is 7.08. The average Bonchev–Trinajstić information content (AvgIpc) is 2.42. The molecule has 0 bridgehead atoms. The van der Waals surface area contributed by atoms with Gasteiger partial charge in [0.15, 0.2) is 0 Å². The van der Waals surface area contributed by atoms with Crippen molar-refractivity contribution >= 4 is 5.91 Å². The molecular formula is C15H22F2N2O2. The highest BCUT2D eigenvalue weighted by molar-refractivity contribution is 5.78. The highest BCUT2D eigenvalue weighted by atomic mass is 19.3. The highest BCUT2D eigenvalue weighted by Crippen LogP contribution is 2.20. The second-order valence-electron chi connectivity index (χ2n) is 5.27. The summed E-state index contributed by atoms with van der Waals surface area (Å²) >= 11 is 0. The number of ether oxygens (including phenoxy) is 1. The van der Waals surface area contributed by atoms with Gasteiger partial charge in [0.05, 0.1) is 5.92 Å². The zero-order valence-electron chi connectivity index (χ0n) is 12.3. The molecule has 0 aliphatic heterocycles. The number of rotatable bonds is 8. The standard InChI is InChI=1S/C15H22F2N2O2/c1-10(2)7-12(8-18)14(20)19-9-11-5-3-4-6-13(11)21-15(16)17/h3-6,10,12,15H,7-9,18H2,1-2H3,(H,19,20). The van der Waals surface area contributed by atoms with Crippen molar-refractivity contribution in [1.82, 2.24) is 5.32 Å². The normalized spacial score (nSPS) is 12.5. The van der Waals surface area contributed by atoms with Crippen LogP contribution in [0.5, 0.6) is 5.75 Å². The van der Waals surface area contributed by atoms with E-state index in [-0.39, 0.29) is 30.7 Å². The largest absolute Gasteiger partial charge is 0.434 e. The van der Waals surface area contributed by atoms with Crippen molar-refractivity contribution in [3.63, 3.8) is 0 Å². The van der Waals surface area contributed by atoms with Crippen LogP contribution in [0.4, 0.5) is 8.78 Å². The summed E-state index contributed by atoms with van der Waals surface area (Å²) in [5.41, 5.74) is 6.11. The van der Waals surface area contributed by atoms with Crippen molar-refractivity contribution in [3.8, 4) is 5.75 Å². The van der Waals surface area contributed by atoms with Gasteiger partial charge in [-0.1, -0.05) is 32.0 Å². The van der Waals surface area contributed by atoms with Gasteiger partial charge in [0.2, 0.25) is 5.91 Å². The van der Waals surface area contributed by atoms with Crippen LogP contribution in [0, 0.1) is 11.8 Å². The molecule has 0 spiro atoms. The Morgan fingerprint density at radius 1 is 1.33 bits per heavy atom. The molecule has 1 aromatic rings. The van der Waals surface area contributed by atoms with Gasteiger partial charge in [-0.05, 0) is 18.4 Å². The zero-order chi connectivity index (χ0) is 15.8. The van der Waals surface area contributed by atoms with Crippen LogP contribution in [0.1, 0.15) is 25.8 Å². The fourth-order valence-corrected chi connectivity index (χ4v) is 2.07. The number of alkyl halides is 2. The van der Waals surface area contributed by atoms with Crippen LogP contribution < -0.4 is 15.8 Å². The lowest BCUT2D eigenvalue weighted by molar-refractivity contribution is -0.125. The molecule has 0 heterocycles. The summed E-state index contributed by atoms with van der Waals surface area (Å²) in [5, 5.41) is 2.73. The molecule has 0 fully saturated rings. The fraction of sp³-hybridized carbons (Fsp3) is 0.533. The van der Waals surface area contributed by atoms with E-state index in [2.05, 4.69) is 10.1 Å². The number of hydrogen-bond acceptors (Lipinski definition) is 3. The van der Waals surface area contributed by atoms with Crippen LogP contribution in [-0.2, 0) is 11.3 Å². The van der Waals surface area contributed by atoms with Crippen LogP contribution in [0.3, 0.4) is 0 Å². The third kappa shape index (κ3) is 6.08. The molecule has 0 saturated heterocycles. The van der Waals surface area contributed by atoms with Gasteiger partial charge < -0.3 is 15.8 Å². The number of carbonyl (C=O) groups excluding carboxylic acids is 1. The topological polar surface area (TPSA) is 64.4 Å². The number of nitrogens with one attached hydrogen (secondary N) is 1. The van der Waals surface area contributed by atoms with E-state index in [9.17, 15) is 13.6 Å².